The Morgan fingerprint density at radius 1 is 1.21 bits per heavy atom. The third kappa shape index (κ3) is 2.84. The normalized spacial score (nSPS) is 21.1. The smallest absolute Gasteiger partial charge is 0.227 e. The molecule has 4 heteroatoms. The third-order valence-electron chi connectivity index (χ3n) is 4.20. The molecular weight excluding hydrogens is 304 g/mol. The van der Waals surface area contributed by atoms with Gasteiger partial charge in [-0.05, 0) is 55.6 Å². The average Bonchev–Trinajstić information content (AvgIpc) is 2.58. The molecule has 2 aliphatic rings. The van der Waals surface area contributed by atoms with Gasteiger partial charge in [0.15, 0.2) is 0 Å². The highest BCUT2D eigenvalue weighted by Gasteiger charge is 2.27. The van der Waals surface area contributed by atoms with Crippen molar-refractivity contribution in [2.24, 2.45) is 0 Å². The van der Waals surface area contributed by atoms with Gasteiger partial charge in [-0.15, -0.1) is 0 Å². The first-order valence-corrected chi connectivity index (χ1v) is 7.81. The van der Waals surface area contributed by atoms with E-state index in [-0.39, 0.29) is 0 Å². The minimum Gasteiger partial charge on any atom is -0.339 e. The molecular formula is C15H19BrN2O. The lowest BCUT2D eigenvalue weighted by atomic mass is 10.0. The minimum absolute atomic E-state index is 0.299. The van der Waals surface area contributed by atoms with E-state index in [1.807, 2.05) is 6.07 Å². The number of benzene rings is 1. The molecule has 1 aromatic rings. The van der Waals surface area contributed by atoms with Crippen LogP contribution in [-0.2, 0) is 17.6 Å². The fourth-order valence-electron chi connectivity index (χ4n) is 3.13. The molecule has 2 heterocycles. The number of halogens is 1. The molecule has 1 fully saturated rings. The maximum absolute atomic E-state index is 12.5. The van der Waals surface area contributed by atoms with Gasteiger partial charge in [0, 0.05) is 17.1 Å². The molecule has 3 nitrogen and oxygen atoms in total. The number of rotatable bonds is 1. The van der Waals surface area contributed by atoms with Gasteiger partial charge < -0.3 is 10.2 Å². The second-order valence-electron chi connectivity index (χ2n) is 5.41. The Labute approximate surface area is 122 Å². The van der Waals surface area contributed by atoms with Gasteiger partial charge in [0.1, 0.15) is 0 Å². The maximum Gasteiger partial charge on any atom is 0.227 e. The van der Waals surface area contributed by atoms with E-state index in [2.05, 4.69) is 38.3 Å². The van der Waals surface area contributed by atoms with E-state index in [0.29, 0.717) is 18.4 Å². The molecule has 1 amide bonds. The molecule has 0 bridgehead atoms. The summed E-state index contributed by atoms with van der Waals surface area (Å²) < 4.78 is 1.11. The third-order valence-corrected chi connectivity index (χ3v) is 4.70. The van der Waals surface area contributed by atoms with Crippen LogP contribution in [0.4, 0.5) is 0 Å². The number of hydrogen-bond acceptors (Lipinski definition) is 2. The first-order chi connectivity index (χ1) is 9.24. The van der Waals surface area contributed by atoms with Crippen LogP contribution in [0.25, 0.3) is 0 Å². The Balaban J connectivity index is 1.79. The van der Waals surface area contributed by atoms with Crippen LogP contribution >= 0.6 is 15.9 Å². The summed E-state index contributed by atoms with van der Waals surface area (Å²) >= 11 is 3.52. The summed E-state index contributed by atoms with van der Waals surface area (Å²) in [6, 6.07) is 6.72. The van der Waals surface area contributed by atoms with Gasteiger partial charge >= 0.3 is 0 Å². The van der Waals surface area contributed by atoms with Gasteiger partial charge in [0.2, 0.25) is 5.91 Å². The molecule has 2 aliphatic heterocycles. The summed E-state index contributed by atoms with van der Waals surface area (Å²) in [5.74, 6) is 0.299. The van der Waals surface area contributed by atoms with E-state index >= 15 is 0 Å². The zero-order chi connectivity index (χ0) is 13.2. The number of hydrogen-bond donors (Lipinski definition) is 1. The van der Waals surface area contributed by atoms with E-state index < -0.39 is 0 Å². The number of fused-ring (bicyclic) bond motifs is 1. The van der Waals surface area contributed by atoms with Crippen LogP contribution in [0.5, 0.6) is 0 Å². The van der Waals surface area contributed by atoms with Crippen molar-refractivity contribution in [1.29, 1.82) is 0 Å². The van der Waals surface area contributed by atoms with Crippen molar-refractivity contribution in [3.8, 4) is 0 Å². The number of amides is 1. The first kappa shape index (κ1) is 13.1. The van der Waals surface area contributed by atoms with E-state index in [1.165, 1.54) is 11.1 Å². The molecule has 0 saturated carbocycles. The Bertz CT molecular complexity index is 483. The van der Waals surface area contributed by atoms with Crippen LogP contribution in [0.3, 0.4) is 0 Å². The predicted octanol–water partition coefficient (Wildman–Crippen LogP) is 2.13. The zero-order valence-electron chi connectivity index (χ0n) is 11.0. The Kier molecular flexibility index (Phi) is 3.89. The minimum atomic E-state index is 0.299. The molecule has 102 valence electrons. The molecule has 0 radical (unpaired) electrons. The van der Waals surface area contributed by atoms with Gasteiger partial charge in [-0.2, -0.15) is 0 Å². The molecule has 0 atom stereocenters. The first-order valence-electron chi connectivity index (χ1n) is 7.01. The average molecular weight is 323 g/mol. The summed E-state index contributed by atoms with van der Waals surface area (Å²) in [4.78, 5) is 14.6. The highest BCUT2D eigenvalue weighted by Crippen LogP contribution is 2.23. The van der Waals surface area contributed by atoms with Gasteiger partial charge in [0.25, 0.3) is 0 Å². The van der Waals surface area contributed by atoms with Gasteiger partial charge in [-0.25, -0.2) is 0 Å². The van der Waals surface area contributed by atoms with Crippen molar-refractivity contribution >= 4 is 21.8 Å². The van der Waals surface area contributed by atoms with Gasteiger partial charge in [-0.3, -0.25) is 4.79 Å². The Morgan fingerprint density at radius 2 is 2.00 bits per heavy atom. The summed E-state index contributed by atoms with van der Waals surface area (Å²) in [5.41, 5.74) is 2.52. The molecule has 0 aromatic heterocycles. The van der Waals surface area contributed by atoms with E-state index in [0.717, 1.165) is 43.4 Å². The molecule has 3 rings (SSSR count). The molecule has 19 heavy (non-hydrogen) atoms. The SMILES string of the molecule is O=C1Cc2ccc(Br)cc2CCN1C1CCNCC1. The highest BCUT2D eigenvalue weighted by molar-refractivity contribution is 9.10. The van der Waals surface area contributed by atoms with Crippen LogP contribution in [0, 0.1) is 0 Å². The molecule has 1 N–H and O–H groups in total. The van der Waals surface area contributed by atoms with Crippen LogP contribution < -0.4 is 5.32 Å². The summed E-state index contributed by atoms with van der Waals surface area (Å²) in [5, 5.41) is 3.36. The van der Waals surface area contributed by atoms with E-state index in [4.69, 9.17) is 0 Å². The molecule has 1 aromatic carbocycles. The van der Waals surface area contributed by atoms with Crippen LogP contribution in [0.15, 0.2) is 22.7 Å². The monoisotopic (exact) mass is 322 g/mol. The lowest BCUT2D eigenvalue weighted by molar-refractivity contribution is -0.133. The van der Waals surface area contributed by atoms with Crippen molar-refractivity contribution in [2.45, 2.75) is 31.7 Å². The number of carbonyl (C=O) groups is 1. The summed E-state index contributed by atoms with van der Waals surface area (Å²) in [6.45, 7) is 2.94. The fourth-order valence-corrected chi connectivity index (χ4v) is 3.54. The summed E-state index contributed by atoms with van der Waals surface area (Å²) in [7, 11) is 0. The Hall–Kier alpha value is -0.870. The van der Waals surface area contributed by atoms with Crippen LogP contribution in [0.1, 0.15) is 24.0 Å². The van der Waals surface area contributed by atoms with Crippen molar-refractivity contribution < 1.29 is 4.79 Å². The second kappa shape index (κ2) is 5.63. The van der Waals surface area contributed by atoms with Crippen LogP contribution in [-0.4, -0.2) is 36.5 Å². The number of carbonyl (C=O) groups excluding carboxylic acids is 1. The molecule has 0 aliphatic carbocycles. The van der Waals surface area contributed by atoms with E-state index in [1.54, 1.807) is 0 Å². The predicted molar refractivity (Wildman–Crippen MR) is 79.2 cm³/mol. The van der Waals surface area contributed by atoms with Crippen molar-refractivity contribution in [1.82, 2.24) is 10.2 Å². The fraction of sp³-hybridized carbons (Fsp3) is 0.533. The lowest BCUT2D eigenvalue weighted by Gasteiger charge is -2.34. The number of nitrogens with one attached hydrogen (secondary N) is 1. The largest absolute Gasteiger partial charge is 0.339 e. The zero-order valence-corrected chi connectivity index (χ0v) is 12.6. The quantitative estimate of drug-likeness (QED) is 0.859. The highest BCUT2D eigenvalue weighted by atomic mass is 79.9. The van der Waals surface area contributed by atoms with Crippen molar-refractivity contribution in [3.05, 3.63) is 33.8 Å². The number of piperidine rings is 1. The standard InChI is InChI=1S/C15H19BrN2O/c16-13-2-1-11-10-15(19)18(8-5-12(11)9-13)14-3-6-17-7-4-14/h1-2,9,14,17H,3-8,10H2. The molecule has 1 saturated heterocycles. The van der Waals surface area contributed by atoms with Gasteiger partial charge in [-0.1, -0.05) is 22.0 Å². The molecule has 0 spiro atoms. The van der Waals surface area contributed by atoms with Crippen molar-refractivity contribution in [2.75, 3.05) is 19.6 Å². The van der Waals surface area contributed by atoms with Crippen LogP contribution in [0.2, 0.25) is 0 Å². The lowest BCUT2D eigenvalue weighted by Crippen LogP contribution is -2.46. The maximum atomic E-state index is 12.5. The Morgan fingerprint density at radius 3 is 2.79 bits per heavy atom. The van der Waals surface area contributed by atoms with E-state index in [9.17, 15) is 4.79 Å². The molecule has 0 unspecified atom stereocenters. The summed E-state index contributed by atoms with van der Waals surface area (Å²) in [6.07, 6.45) is 3.72. The second-order valence-corrected chi connectivity index (χ2v) is 6.32. The number of nitrogens with zero attached hydrogens (tertiary/aromatic N) is 1. The van der Waals surface area contributed by atoms with Gasteiger partial charge in [0.05, 0.1) is 6.42 Å². The topological polar surface area (TPSA) is 32.3 Å². The van der Waals surface area contributed by atoms with Crippen molar-refractivity contribution in [3.63, 3.8) is 0 Å².